The third kappa shape index (κ3) is 4.02. The van der Waals surface area contributed by atoms with E-state index in [9.17, 15) is 15.0 Å². The number of ether oxygens (including phenoxy) is 1. The second kappa shape index (κ2) is 7.77. The van der Waals surface area contributed by atoms with Crippen molar-refractivity contribution in [1.82, 2.24) is 0 Å². The largest absolute Gasteiger partial charge is 0.851 e. The molecule has 0 aliphatic heterocycles. The van der Waals surface area contributed by atoms with Crippen LogP contribution in [-0.2, 0) is 9.53 Å². The van der Waals surface area contributed by atoms with Gasteiger partial charge in [-0.2, -0.15) is 0 Å². The molecule has 2 atom stereocenters. The van der Waals surface area contributed by atoms with E-state index in [1.807, 2.05) is 31.2 Å². The normalized spacial score (nSPS) is 26.6. The number of nitrogens with zero attached hydrogens (tertiary/aromatic N) is 1. The topological polar surface area (TPSA) is 95.9 Å². The third-order valence-corrected chi connectivity index (χ3v) is 4.50. The molecule has 1 aliphatic carbocycles. The van der Waals surface area contributed by atoms with E-state index in [1.165, 1.54) is 0 Å². The van der Waals surface area contributed by atoms with E-state index >= 15 is 0 Å². The van der Waals surface area contributed by atoms with Crippen LogP contribution in [0, 0.1) is 5.92 Å². The fourth-order valence-electron chi connectivity index (χ4n) is 2.97. The zero-order valence-corrected chi connectivity index (χ0v) is 13.5. The van der Waals surface area contributed by atoms with E-state index in [1.54, 1.807) is 6.92 Å². The molecule has 6 heteroatoms. The Bertz CT molecular complexity index is 508. The first-order valence-corrected chi connectivity index (χ1v) is 7.91. The highest BCUT2D eigenvalue weighted by Crippen LogP contribution is 2.39. The molecule has 0 radical (unpaired) electrons. The SMILES string of the molecule is CCN(CCOCC(=O)O)c1ccc(C2C([O-])C(C)C2[O-])cc1. The maximum Gasteiger partial charge on any atom is 0.329 e. The molecule has 1 aromatic carbocycles. The van der Waals surface area contributed by atoms with Crippen molar-refractivity contribution in [2.24, 2.45) is 5.92 Å². The Morgan fingerprint density at radius 3 is 2.39 bits per heavy atom. The Balaban J connectivity index is 1.93. The van der Waals surface area contributed by atoms with Gasteiger partial charge in [-0.25, -0.2) is 4.79 Å². The van der Waals surface area contributed by atoms with Gasteiger partial charge in [-0.1, -0.05) is 25.0 Å². The van der Waals surface area contributed by atoms with E-state index < -0.39 is 24.1 Å². The van der Waals surface area contributed by atoms with Crippen molar-refractivity contribution in [2.45, 2.75) is 32.0 Å². The van der Waals surface area contributed by atoms with Gasteiger partial charge in [0.25, 0.3) is 0 Å². The molecule has 1 N–H and O–H groups in total. The Kier molecular flexibility index (Phi) is 5.98. The summed E-state index contributed by atoms with van der Waals surface area (Å²) in [7, 11) is 0. The Labute approximate surface area is 136 Å². The first kappa shape index (κ1) is 17.7. The summed E-state index contributed by atoms with van der Waals surface area (Å²) in [5, 5.41) is 32.3. The standard InChI is InChI=1S/C17H23NO5/c1-3-18(8-9-23-10-14(19)20)13-6-4-12(5-7-13)15-16(21)11(2)17(15)22/h4-7,11,15-17H,3,8-10H2,1-2H3,(H,19,20)/q-2. The van der Waals surface area contributed by atoms with Gasteiger partial charge >= 0.3 is 5.97 Å². The van der Waals surface area contributed by atoms with Crippen LogP contribution in [0.2, 0.25) is 0 Å². The summed E-state index contributed by atoms with van der Waals surface area (Å²) in [6.45, 7) is 5.08. The van der Waals surface area contributed by atoms with Gasteiger partial charge in [-0.05, 0) is 30.5 Å². The predicted octanol–water partition coefficient (Wildman–Crippen LogP) is -0.195. The first-order valence-electron chi connectivity index (χ1n) is 7.91. The molecule has 23 heavy (non-hydrogen) atoms. The van der Waals surface area contributed by atoms with Crippen LogP contribution in [0.15, 0.2) is 24.3 Å². The van der Waals surface area contributed by atoms with Gasteiger partial charge < -0.3 is 25.0 Å². The number of carboxylic acids is 1. The van der Waals surface area contributed by atoms with E-state index in [0.717, 1.165) is 17.8 Å². The number of aliphatic carboxylic acids is 1. The summed E-state index contributed by atoms with van der Waals surface area (Å²) in [5.41, 5.74) is 1.78. The molecule has 1 fully saturated rings. The molecule has 0 aromatic heterocycles. The van der Waals surface area contributed by atoms with Crippen LogP contribution in [0.25, 0.3) is 0 Å². The molecule has 6 nitrogen and oxygen atoms in total. The fourth-order valence-corrected chi connectivity index (χ4v) is 2.97. The molecule has 0 saturated heterocycles. The average Bonchev–Trinajstić information content (AvgIpc) is 2.55. The molecular formula is C17H23NO5-2. The lowest BCUT2D eigenvalue weighted by Crippen LogP contribution is -2.64. The highest BCUT2D eigenvalue weighted by molar-refractivity contribution is 5.68. The maximum absolute atomic E-state index is 11.9. The summed E-state index contributed by atoms with van der Waals surface area (Å²) < 4.78 is 5.05. The van der Waals surface area contributed by atoms with Gasteiger partial charge in [0.2, 0.25) is 0 Å². The molecule has 1 aliphatic rings. The van der Waals surface area contributed by atoms with E-state index in [2.05, 4.69) is 4.90 Å². The number of carboxylic acid groups (broad SMARTS) is 1. The van der Waals surface area contributed by atoms with Crippen molar-refractivity contribution >= 4 is 11.7 Å². The smallest absolute Gasteiger partial charge is 0.329 e. The van der Waals surface area contributed by atoms with Crippen molar-refractivity contribution in [3.63, 3.8) is 0 Å². The van der Waals surface area contributed by atoms with Crippen LogP contribution in [0.4, 0.5) is 5.69 Å². The van der Waals surface area contributed by atoms with Crippen molar-refractivity contribution < 1.29 is 24.9 Å². The lowest BCUT2D eigenvalue weighted by atomic mass is 9.67. The first-order chi connectivity index (χ1) is 11.0. The van der Waals surface area contributed by atoms with Crippen molar-refractivity contribution in [3.8, 4) is 0 Å². The summed E-state index contributed by atoms with van der Waals surface area (Å²) in [5.74, 6) is -1.72. The van der Waals surface area contributed by atoms with Gasteiger partial charge in [0.1, 0.15) is 6.61 Å². The summed E-state index contributed by atoms with van der Waals surface area (Å²) in [6, 6.07) is 7.50. The highest BCUT2D eigenvalue weighted by Gasteiger charge is 2.34. The van der Waals surface area contributed by atoms with Crippen LogP contribution < -0.4 is 15.1 Å². The van der Waals surface area contributed by atoms with Crippen LogP contribution in [0.5, 0.6) is 0 Å². The van der Waals surface area contributed by atoms with Gasteiger partial charge in [0, 0.05) is 18.8 Å². The third-order valence-electron chi connectivity index (χ3n) is 4.50. The lowest BCUT2D eigenvalue weighted by molar-refractivity contribution is -0.547. The van der Waals surface area contributed by atoms with Gasteiger partial charge in [-0.15, -0.1) is 12.2 Å². The summed E-state index contributed by atoms with van der Waals surface area (Å²) >= 11 is 0. The van der Waals surface area contributed by atoms with Gasteiger partial charge in [-0.3, -0.25) is 0 Å². The molecule has 0 amide bonds. The Morgan fingerprint density at radius 1 is 1.26 bits per heavy atom. The average molecular weight is 321 g/mol. The second-order valence-corrected chi connectivity index (χ2v) is 5.93. The number of hydrogen-bond acceptors (Lipinski definition) is 5. The minimum atomic E-state index is -0.980. The summed E-state index contributed by atoms with van der Waals surface area (Å²) in [6.07, 6.45) is -1.62. The molecule has 0 spiro atoms. The van der Waals surface area contributed by atoms with Crippen LogP contribution >= 0.6 is 0 Å². The van der Waals surface area contributed by atoms with E-state index in [4.69, 9.17) is 9.84 Å². The number of rotatable bonds is 8. The number of carbonyl (C=O) groups is 1. The molecule has 1 saturated carbocycles. The van der Waals surface area contributed by atoms with E-state index in [0.29, 0.717) is 13.2 Å². The monoisotopic (exact) mass is 321 g/mol. The number of hydrogen-bond donors (Lipinski definition) is 1. The zero-order chi connectivity index (χ0) is 17.0. The number of benzene rings is 1. The van der Waals surface area contributed by atoms with Crippen molar-refractivity contribution in [2.75, 3.05) is 31.2 Å². The Hall–Kier alpha value is -1.63. The minimum absolute atomic E-state index is 0.299. The summed E-state index contributed by atoms with van der Waals surface area (Å²) in [4.78, 5) is 12.5. The van der Waals surface area contributed by atoms with Crippen molar-refractivity contribution in [1.29, 1.82) is 0 Å². The quantitative estimate of drug-likeness (QED) is 0.667. The Morgan fingerprint density at radius 2 is 1.87 bits per heavy atom. The van der Waals surface area contributed by atoms with Crippen LogP contribution in [0.1, 0.15) is 25.3 Å². The fraction of sp³-hybridized carbons (Fsp3) is 0.588. The molecule has 2 unspecified atom stereocenters. The second-order valence-electron chi connectivity index (χ2n) is 5.93. The number of likely N-dealkylation sites (N-methyl/N-ethyl adjacent to an activating group) is 1. The molecule has 2 rings (SSSR count). The predicted molar refractivity (Wildman–Crippen MR) is 82.3 cm³/mol. The van der Waals surface area contributed by atoms with Gasteiger partial charge in [0.15, 0.2) is 0 Å². The minimum Gasteiger partial charge on any atom is -0.851 e. The molecule has 0 heterocycles. The van der Waals surface area contributed by atoms with E-state index in [-0.39, 0.29) is 12.5 Å². The highest BCUT2D eigenvalue weighted by atomic mass is 16.5. The zero-order valence-electron chi connectivity index (χ0n) is 13.5. The number of anilines is 1. The van der Waals surface area contributed by atoms with Crippen LogP contribution in [-0.4, -0.2) is 49.6 Å². The lowest BCUT2D eigenvalue weighted by Gasteiger charge is -2.60. The molecule has 0 bridgehead atoms. The maximum atomic E-state index is 11.9. The van der Waals surface area contributed by atoms with Crippen molar-refractivity contribution in [3.05, 3.63) is 29.8 Å². The molecule has 1 aromatic rings. The molecular weight excluding hydrogens is 298 g/mol. The van der Waals surface area contributed by atoms with Gasteiger partial charge in [0.05, 0.1) is 6.61 Å². The molecule has 128 valence electrons. The van der Waals surface area contributed by atoms with Crippen LogP contribution in [0.3, 0.4) is 0 Å².